The molecule has 0 aromatic heterocycles. The highest BCUT2D eigenvalue weighted by atomic mass is 15.1. The van der Waals surface area contributed by atoms with Gasteiger partial charge in [0.05, 0.1) is 0 Å². The lowest BCUT2D eigenvalue weighted by Gasteiger charge is -2.28. The summed E-state index contributed by atoms with van der Waals surface area (Å²) in [5, 5.41) is 0. The number of rotatable bonds is 5. The first-order chi connectivity index (χ1) is 6.13. The van der Waals surface area contributed by atoms with Gasteiger partial charge in [0.25, 0.3) is 0 Å². The van der Waals surface area contributed by atoms with Crippen LogP contribution in [0.2, 0.25) is 0 Å². The van der Waals surface area contributed by atoms with Crippen molar-refractivity contribution >= 4 is 0 Å². The van der Waals surface area contributed by atoms with Gasteiger partial charge in [-0.15, -0.1) is 0 Å². The van der Waals surface area contributed by atoms with E-state index in [0.717, 1.165) is 0 Å². The molecule has 0 bridgehead atoms. The second-order valence-corrected chi connectivity index (χ2v) is 3.20. The monoisotopic (exact) mass is 185 g/mol. The quantitative estimate of drug-likeness (QED) is 0.624. The molecule has 1 nitrogen and oxygen atoms in total. The third kappa shape index (κ3) is 6.68. The topological polar surface area (TPSA) is 3.24 Å². The van der Waals surface area contributed by atoms with E-state index in [-0.39, 0.29) is 0 Å². The van der Waals surface area contributed by atoms with Crippen molar-refractivity contribution in [2.24, 2.45) is 0 Å². The summed E-state index contributed by atoms with van der Waals surface area (Å²) in [5.41, 5.74) is 1.17. The molecule has 0 aliphatic rings. The lowest BCUT2D eigenvalue weighted by Crippen LogP contribution is -2.28. The summed E-state index contributed by atoms with van der Waals surface area (Å²) < 4.78 is 0. The van der Waals surface area contributed by atoms with Crippen LogP contribution >= 0.6 is 0 Å². The Labute approximate surface area is 84.8 Å². The zero-order valence-electron chi connectivity index (χ0n) is 10.4. The van der Waals surface area contributed by atoms with Crippen molar-refractivity contribution < 1.29 is 0 Å². The van der Waals surface area contributed by atoms with Gasteiger partial charge >= 0.3 is 0 Å². The molecule has 0 aliphatic carbocycles. The minimum absolute atomic E-state index is 0.692. The van der Waals surface area contributed by atoms with Gasteiger partial charge in [-0.1, -0.05) is 40.7 Å². The minimum Gasteiger partial charge on any atom is -0.376 e. The molecule has 1 heteroatoms. The van der Waals surface area contributed by atoms with Crippen LogP contribution in [-0.2, 0) is 0 Å². The van der Waals surface area contributed by atoms with Gasteiger partial charge in [-0.3, -0.25) is 0 Å². The molecule has 80 valence electrons. The SMILES string of the molecule is C=C(C)N(C)C(CC)CCC.CC. The van der Waals surface area contributed by atoms with Crippen LogP contribution in [0.4, 0.5) is 0 Å². The van der Waals surface area contributed by atoms with E-state index >= 15 is 0 Å². The fourth-order valence-electron chi connectivity index (χ4n) is 1.32. The molecule has 0 saturated heterocycles. The van der Waals surface area contributed by atoms with Crippen molar-refractivity contribution in [3.63, 3.8) is 0 Å². The molecule has 0 saturated carbocycles. The molecule has 1 atom stereocenters. The molecular formula is C12H27N. The van der Waals surface area contributed by atoms with Crippen molar-refractivity contribution in [3.05, 3.63) is 12.3 Å². The molecule has 0 N–H and O–H groups in total. The van der Waals surface area contributed by atoms with Gasteiger partial charge in [0.1, 0.15) is 0 Å². The summed E-state index contributed by atoms with van der Waals surface area (Å²) in [6.07, 6.45) is 3.76. The van der Waals surface area contributed by atoms with Crippen LogP contribution in [-0.4, -0.2) is 18.0 Å². The summed E-state index contributed by atoms with van der Waals surface area (Å²) in [4.78, 5) is 2.28. The molecule has 0 heterocycles. The number of allylic oxidation sites excluding steroid dienone is 1. The van der Waals surface area contributed by atoms with Crippen LogP contribution in [0.1, 0.15) is 53.9 Å². The van der Waals surface area contributed by atoms with E-state index < -0.39 is 0 Å². The number of nitrogens with zero attached hydrogens (tertiary/aromatic N) is 1. The summed E-state index contributed by atoms with van der Waals surface area (Å²) >= 11 is 0. The highest BCUT2D eigenvalue weighted by Crippen LogP contribution is 2.12. The standard InChI is InChI=1S/C10H21N.C2H6/c1-6-8-10(7-2)11(5)9(3)4;1-2/h10H,3,6-8H2,1-2,4-5H3;1-2H3. The molecule has 0 radical (unpaired) electrons. The van der Waals surface area contributed by atoms with Crippen LogP contribution in [0, 0.1) is 0 Å². The number of hydrogen-bond donors (Lipinski definition) is 0. The molecular weight excluding hydrogens is 158 g/mol. The Morgan fingerprint density at radius 2 is 1.77 bits per heavy atom. The first kappa shape index (κ1) is 15.0. The van der Waals surface area contributed by atoms with Crippen LogP contribution in [0.3, 0.4) is 0 Å². The average molecular weight is 185 g/mol. The fraction of sp³-hybridized carbons (Fsp3) is 0.833. The average Bonchev–Trinajstić information content (AvgIpc) is 2.16. The van der Waals surface area contributed by atoms with Gasteiger partial charge < -0.3 is 4.90 Å². The second kappa shape index (κ2) is 9.63. The smallest absolute Gasteiger partial charge is 0.0280 e. The van der Waals surface area contributed by atoms with Crippen LogP contribution in [0.25, 0.3) is 0 Å². The van der Waals surface area contributed by atoms with Crippen molar-refractivity contribution in [1.29, 1.82) is 0 Å². The Balaban J connectivity index is 0. The summed E-state index contributed by atoms with van der Waals surface area (Å²) in [5.74, 6) is 0. The van der Waals surface area contributed by atoms with E-state index in [1.165, 1.54) is 25.0 Å². The molecule has 13 heavy (non-hydrogen) atoms. The normalized spacial score (nSPS) is 11.2. The Bertz CT molecular complexity index is 118. The van der Waals surface area contributed by atoms with E-state index in [0.29, 0.717) is 6.04 Å². The molecule has 1 unspecified atom stereocenters. The van der Waals surface area contributed by atoms with Gasteiger partial charge in [0.15, 0.2) is 0 Å². The Kier molecular flexibility index (Phi) is 11.1. The maximum atomic E-state index is 3.93. The van der Waals surface area contributed by atoms with E-state index in [1.807, 2.05) is 13.8 Å². The molecule has 0 rings (SSSR count). The van der Waals surface area contributed by atoms with E-state index in [1.54, 1.807) is 0 Å². The first-order valence-corrected chi connectivity index (χ1v) is 5.51. The molecule has 0 aromatic rings. The lowest BCUT2D eigenvalue weighted by atomic mass is 10.1. The second-order valence-electron chi connectivity index (χ2n) is 3.20. The highest BCUT2D eigenvalue weighted by Gasteiger charge is 2.09. The minimum atomic E-state index is 0.692. The van der Waals surface area contributed by atoms with E-state index in [4.69, 9.17) is 0 Å². The predicted octanol–water partition coefficient (Wildman–Crippen LogP) is 4.06. The van der Waals surface area contributed by atoms with Crippen molar-refractivity contribution in [2.75, 3.05) is 7.05 Å². The van der Waals surface area contributed by atoms with Crippen LogP contribution < -0.4 is 0 Å². The van der Waals surface area contributed by atoms with Gasteiger partial charge in [0, 0.05) is 18.8 Å². The van der Waals surface area contributed by atoms with Gasteiger partial charge in [-0.25, -0.2) is 0 Å². The van der Waals surface area contributed by atoms with Crippen molar-refractivity contribution in [2.45, 2.75) is 59.9 Å². The van der Waals surface area contributed by atoms with Crippen molar-refractivity contribution in [1.82, 2.24) is 4.90 Å². The van der Waals surface area contributed by atoms with Crippen molar-refractivity contribution in [3.8, 4) is 0 Å². The highest BCUT2D eigenvalue weighted by molar-refractivity contribution is 4.89. The molecule has 0 amide bonds. The number of hydrogen-bond acceptors (Lipinski definition) is 1. The third-order valence-corrected chi connectivity index (χ3v) is 2.24. The zero-order valence-corrected chi connectivity index (χ0v) is 10.4. The lowest BCUT2D eigenvalue weighted by molar-refractivity contribution is 0.279. The van der Waals surface area contributed by atoms with Gasteiger partial charge in [0.2, 0.25) is 0 Å². The van der Waals surface area contributed by atoms with Crippen LogP contribution in [0.15, 0.2) is 12.3 Å². The maximum Gasteiger partial charge on any atom is 0.0280 e. The predicted molar refractivity (Wildman–Crippen MR) is 62.9 cm³/mol. The fourth-order valence-corrected chi connectivity index (χ4v) is 1.32. The Morgan fingerprint density at radius 3 is 2.00 bits per heavy atom. The zero-order chi connectivity index (χ0) is 10.9. The Morgan fingerprint density at radius 1 is 1.31 bits per heavy atom. The molecule has 0 fully saturated rings. The van der Waals surface area contributed by atoms with Gasteiger partial charge in [-0.05, 0) is 19.8 Å². The summed E-state index contributed by atoms with van der Waals surface area (Å²) in [6, 6.07) is 0.692. The molecule has 0 aromatic carbocycles. The van der Waals surface area contributed by atoms with Crippen LogP contribution in [0.5, 0.6) is 0 Å². The third-order valence-electron chi connectivity index (χ3n) is 2.24. The Hall–Kier alpha value is -0.460. The summed E-state index contributed by atoms with van der Waals surface area (Å²) in [6.45, 7) is 14.5. The largest absolute Gasteiger partial charge is 0.376 e. The molecule has 0 aliphatic heterocycles. The first-order valence-electron chi connectivity index (χ1n) is 5.51. The van der Waals surface area contributed by atoms with E-state index in [2.05, 4.69) is 39.3 Å². The molecule has 0 spiro atoms. The van der Waals surface area contributed by atoms with E-state index in [9.17, 15) is 0 Å². The maximum absolute atomic E-state index is 3.93. The summed E-state index contributed by atoms with van der Waals surface area (Å²) in [7, 11) is 2.13. The van der Waals surface area contributed by atoms with Gasteiger partial charge in [-0.2, -0.15) is 0 Å².